The maximum absolute atomic E-state index is 9.53. The molecule has 3 heteroatoms. The molecule has 1 heterocycles. The molecule has 0 aromatic rings. The quantitative estimate of drug-likeness (QED) is 0.784. The highest BCUT2D eigenvalue weighted by molar-refractivity contribution is 4.85. The Labute approximate surface area is 106 Å². The second kappa shape index (κ2) is 6.17. The normalized spacial score (nSPS) is 37.2. The van der Waals surface area contributed by atoms with E-state index in [9.17, 15) is 5.11 Å². The Kier molecular flexibility index (Phi) is 4.83. The van der Waals surface area contributed by atoms with Crippen molar-refractivity contribution in [2.45, 2.75) is 51.2 Å². The van der Waals surface area contributed by atoms with Gasteiger partial charge in [-0.25, -0.2) is 0 Å². The molecule has 0 aromatic carbocycles. The van der Waals surface area contributed by atoms with Crippen molar-refractivity contribution in [2.24, 2.45) is 11.8 Å². The van der Waals surface area contributed by atoms with Gasteiger partial charge < -0.3 is 15.3 Å². The van der Waals surface area contributed by atoms with Gasteiger partial charge in [-0.3, -0.25) is 0 Å². The lowest BCUT2D eigenvalue weighted by Crippen LogP contribution is -2.46. The van der Waals surface area contributed by atoms with Gasteiger partial charge in [0.2, 0.25) is 0 Å². The molecule has 100 valence electrons. The summed E-state index contributed by atoms with van der Waals surface area (Å²) in [5.41, 5.74) is 0. The second-order valence-electron chi connectivity index (χ2n) is 6.11. The number of likely N-dealkylation sites (tertiary alicyclic amines) is 1. The zero-order chi connectivity index (χ0) is 12.3. The first-order chi connectivity index (χ1) is 8.19. The summed E-state index contributed by atoms with van der Waals surface area (Å²) >= 11 is 0. The average Bonchev–Trinajstić information content (AvgIpc) is 2.32. The second-order valence-corrected chi connectivity index (χ2v) is 6.11. The van der Waals surface area contributed by atoms with Crippen LogP contribution in [-0.4, -0.2) is 48.8 Å². The molecule has 3 nitrogen and oxygen atoms in total. The Balaban J connectivity index is 1.83. The van der Waals surface area contributed by atoms with Gasteiger partial charge in [0.05, 0.1) is 6.10 Å². The fourth-order valence-corrected chi connectivity index (χ4v) is 3.51. The molecule has 0 spiro atoms. The van der Waals surface area contributed by atoms with Crippen LogP contribution in [0.2, 0.25) is 0 Å². The zero-order valence-electron chi connectivity index (χ0n) is 11.4. The number of nitrogens with one attached hydrogen (secondary N) is 1. The number of hydrogen-bond donors (Lipinski definition) is 2. The number of aliphatic hydroxyl groups excluding tert-OH is 1. The first-order valence-electron chi connectivity index (χ1n) is 7.26. The molecule has 3 unspecified atom stereocenters. The molecular formula is C14H28N2O. The third-order valence-corrected chi connectivity index (χ3v) is 4.67. The molecule has 1 saturated carbocycles. The highest BCUT2D eigenvalue weighted by Crippen LogP contribution is 2.30. The molecule has 17 heavy (non-hydrogen) atoms. The summed E-state index contributed by atoms with van der Waals surface area (Å²) in [6.07, 6.45) is 5.96. The minimum Gasteiger partial charge on any atom is -0.393 e. The third kappa shape index (κ3) is 3.67. The van der Waals surface area contributed by atoms with Gasteiger partial charge in [-0.15, -0.1) is 0 Å². The Morgan fingerprint density at radius 3 is 2.53 bits per heavy atom. The maximum Gasteiger partial charge on any atom is 0.0564 e. The summed E-state index contributed by atoms with van der Waals surface area (Å²) in [5, 5.41) is 13.0. The Morgan fingerprint density at radius 1 is 1.18 bits per heavy atom. The SMILES string of the molecule is CNC1CCC(C)CC1CN1CCC(O)CC1. The average molecular weight is 240 g/mol. The van der Waals surface area contributed by atoms with Crippen LogP contribution in [0.15, 0.2) is 0 Å². The van der Waals surface area contributed by atoms with Crippen LogP contribution in [0, 0.1) is 11.8 Å². The molecule has 3 atom stereocenters. The van der Waals surface area contributed by atoms with Crippen molar-refractivity contribution in [3.05, 3.63) is 0 Å². The van der Waals surface area contributed by atoms with Crippen molar-refractivity contribution < 1.29 is 5.11 Å². The summed E-state index contributed by atoms with van der Waals surface area (Å²) in [5.74, 6) is 1.69. The molecule has 0 radical (unpaired) electrons. The van der Waals surface area contributed by atoms with Crippen LogP contribution in [0.4, 0.5) is 0 Å². The van der Waals surface area contributed by atoms with Gasteiger partial charge in [0.1, 0.15) is 0 Å². The standard InChI is InChI=1S/C14H28N2O/c1-11-3-4-14(15-2)12(9-11)10-16-7-5-13(17)6-8-16/h11-15,17H,3-10H2,1-2H3. The topological polar surface area (TPSA) is 35.5 Å². The van der Waals surface area contributed by atoms with Gasteiger partial charge in [0.25, 0.3) is 0 Å². The Hall–Kier alpha value is -0.120. The third-order valence-electron chi connectivity index (χ3n) is 4.67. The molecule has 0 aromatic heterocycles. The minimum atomic E-state index is -0.0448. The summed E-state index contributed by atoms with van der Waals surface area (Å²) in [7, 11) is 2.10. The van der Waals surface area contributed by atoms with Crippen molar-refractivity contribution in [3.63, 3.8) is 0 Å². The lowest BCUT2D eigenvalue weighted by molar-refractivity contribution is 0.0626. The van der Waals surface area contributed by atoms with Crippen molar-refractivity contribution in [3.8, 4) is 0 Å². The highest BCUT2D eigenvalue weighted by Gasteiger charge is 2.29. The number of aliphatic hydroxyl groups is 1. The van der Waals surface area contributed by atoms with E-state index < -0.39 is 0 Å². The summed E-state index contributed by atoms with van der Waals surface area (Å²) < 4.78 is 0. The Morgan fingerprint density at radius 2 is 1.88 bits per heavy atom. The van der Waals surface area contributed by atoms with Gasteiger partial charge in [-0.05, 0) is 51.0 Å². The number of nitrogens with zero attached hydrogens (tertiary/aromatic N) is 1. The largest absolute Gasteiger partial charge is 0.393 e. The molecule has 1 aliphatic carbocycles. The van der Waals surface area contributed by atoms with Gasteiger partial charge in [0, 0.05) is 25.7 Å². The first-order valence-corrected chi connectivity index (χ1v) is 7.26. The number of hydrogen-bond acceptors (Lipinski definition) is 3. The van der Waals surface area contributed by atoms with E-state index in [1.165, 1.54) is 25.8 Å². The lowest BCUT2D eigenvalue weighted by Gasteiger charge is -2.39. The predicted molar refractivity (Wildman–Crippen MR) is 71.0 cm³/mol. The van der Waals surface area contributed by atoms with E-state index in [4.69, 9.17) is 0 Å². The lowest BCUT2D eigenvalue weighted by atomic mass is 9.78. The summed E-state index contributed by atoms with van der Waals surface area (Å²) in [6.45, 7) is 5.78. The van der Waals surface area contributed by atoms with Crippen molar-refractivity contribution in [1.82, 2.24) is 10.2 Å². The van der Waals surface area contributed by atoms with E-state index in [0.29, 0.717) is 6.04 Å². The van der Waals surface area contributed by atoms with Crippen LogP contribution < -0.4 is 5.32 Å². The molecule has 0 amide bonds. The molecular weight excluding hydrogens is 212 g/mol. The molecule has 1 aliphatic heterocycles. The molecule has 0 bridgehead atoms. The van der Waals surface area contributed by atoms with Crippen LogP contribution in [0.1, 0.15) is 39.0 Å². The molecule has 2 fully saturated rings. The van der Waals surface area contributed by atoms with Crippen LogP contribution in [0.3, 0.4) is 0 Å². The minimum absolute atomic E-state index is 0.0448. The van der Waals surface area contributed by atoms with Gasteiger partial charge >= 0.3 is 0 Å². The first kappa shape index (κ1) is 13.3. The van der Waals surface area contributed by atoms with Crippen LogP contribution in [-0.2, 0) is 0 Å². The monoisotopic (exact) mass is 240 g/mol. The van der Waals surface area contributed by atoms with Crippen LogP contribution in [0.5, 0.6) is 0 Å². The maximum atomic E-state index is 9.53. The fraction of sp³-hybridized carbons (Fsp3) is 1.00. The van der Waals surface area contributed by atoms with E-state index in [-0.39, 0.29) is 6.10 Å². The fourth-order valence-electron chi connectivity index (χ4n) is 3.51. The summed E-state index contributed by atoms with van der Waals surface area (Å²) in [6, 6.07) is 0.707. The van der Waals surface area contributed by atoms with Gasteiger partial charge in [-0.1, -0.05) is 6.92 Å². The van der Waals surface area contributed by atoms with E-state index >= 15 is 0 Å². The summed E-state index contributed by atoms with van der Waals surface area (Å²) in [4.78, 5) is 2.56. The van der Waals surface area contributed by atoms with E-state index in [2.05, 4.69) is 24.2 Å². The number of piperidine rings is 1. The molecule has 2 rings (SSSR count). The Bertz CT molecular complexity index is 226. The molecule has 2 aliphatic rings. The van der Waals surface area contributed by atoms with Crippen molar-refractivity contribution in [1.29, 1.82) is 0 Å². The number of rotatable bonds is 3. The molecule has 1 saturated heterocycles. The highest BCUT2D eigenvalue weighted by atomic mass is 16.3. The molecule has 2 N–H and O–H groups in total. The van der Waals surface area contributed by atoms with Crippen molar-refractivity contribution in [2.75, 3.05) is 26.7 Å². The zero-order valence-corrected chi connectivity index (χ0v) is 11.4. The van der Waals surface area contributed by atoms with Crippen LogP contribution in [0.25, 0.3) is 0 Å². The van der Waals surface area contributed by atoms with Crippen molar-refractivity contribution >= 4 is 0 Å². The van der Waals surface area contributed by atoms with E-state index in [0.717, 1.165) is 37.8 Å². The van der Waals surface area contributed by atoms with Gasteiger partial charge in [0.15, 0.2) is 0 Å². The van der Waals surface area contributed by atoms with Gasteiger partial charge in [-0.2, -0.15) is 0 Å². The van der Waals surface area contributed by atoms with E-state index in [1.807, 2.05) is 0 Å². The van der Waals surface area contributed by atoms with E-state index in [1.54, 1.807) is 0 Å². The smallest absolute Gasteiger partial charge is 0.0564 e. The predicted octanol–water partition coefficient (Wildman–Crippen LogP) is 1.47. The van der Waals surface area contributed by atoms with Crippen LogP contribution >= 0.6 is 0 Å².